The number of urea groups is 1. The lowest BCUT2D eigenvalue weighted by Crippen LogP contribution is -2.36. The van der Waals surface area contributed by atoms with Crippen molar-refractivity contribution in [2.75, 3.05) is 16.8 Å². The monoisotopic (exact) mass is 310 g/mol. The van der Waals surface area contributed by atoms with E-state index in [0.29, 0.717) is 11.3 Å². The van der Waals surface area contributed by atoms with Crippen LogP contribution in [0, 0.1) is 0 Å². The second-order valence-electron chi connectivity index (χ2n) is 4.76. The Morgan fingerprint density at radius 3 is 2.81 bits per heavy atom. The van der Waals surface area contributed by atoms with Crippen LogP contribution < -0.4 is 10.6 Å². The Morgan fingerprint density at radius 1 is 1.38 bits per heavy atom. The van der Waals surface area contributed by atoms with Crippen LogP contribution in [0.15, 0.2) is 24.3 Å². The number of anilines is 1. The van der Waals surface area contributed by atoms with Gasteiger partial charge in [-0.2, -0.15) is 11.8 Å². The number of carbonyl (C=O) groups excluding carboxylic acids is 1. The maximum absolute atomic E-state index is 11.8. The first-order chi connectivity index (χ1) is 10.0. The molecule has 0 aliphatic heterocycles. The fourth-order valence-electron chi connectivity index (χ4n) is 1.80. The molecule has 0 aliphatic rings. The summed E-state index contributed by atoms with van der Waals surface area (Å²) < 4.78 is 0. The molecule has 0 saturated heterocycles. The number of nitrogens with one attached hydrogen (secondary N) is 2. The van der Waals surface area contributed by atoms with Gasteiger partial charge in [0.05, 0.1) is 6.42 Å². The maximum atomic E-state index is 11.8. The van der Waals surface area contributed by atoms with E-state index in [1.807, 2.05) is 18.7 Å². The molecule has 1 aromatic carbocycles. The summed E-state index contributed by atoms with van der Waals surface area (Å²) in [5.74, 6) is 1.21. The minimum absolute atomic E-state index is 0.0538. The second-order valence-corrected chi connectivity index (χ2v) is 6.15. The van der Waals surface area contributed by atoms with Gasteiger partial charge in [-0.3, -0.25) is 4.79 Å². The zero-order chi connectivity index (χ0) is 15.7. The molecule has 1 rings (SSSR count). The van der Waals surface area contributed by atoms with Gasteiger partial charge in [0.1, 0.15) is 0 Å². The first kappa shape index (κ1) is 17.4. The summed E-state index contributed by atoms with van der Waals surface area (Å²) >= 11 is 1.85. The van der Waals surface area contributed by atoms with Crippen LogP contribution in [0.3, 0.4) is 0 Å². The van der Waals surface area contributed by atoms with Gasteiger partial charge in [0.15, 0.2) is 0 Å². The predicted molar refractivity (Wildman–Crippen MR) is 87.0 cm³/mol. The molecule has 0 saturated carbocycles. The number of hydrogen-bond acceptors (Lipinski definition) is 3. The largest absolute Gasteiger partial charge is 0.481 e. The third-order valence-electron chi connectivity index (χ3n) is 2.82. The van der Waals surface area contributed by atoms with Crippen molar-refractivity contribution in [1.29, 1.82) is 0 Å². The van der Waals surface area contributed by atoms with Gasteiger partial charge in [-0.25, -0.2) is 4.79 Å². The van der Waals surface area contributed by atoms with Crippen LogP contribution in [0.2, 0.25) is 0 Å². The van der Waals surface area contributed by atoms with E-state index in [9.17, 15) is 9.59 Å². The molecule has 0 bridgehead atoms. The molecule has 3 N–H and O–H groups in total. The fraction of sp³-hybridized carbons (Fsp3) is 0.467. The zero-order valence-electron chi connectivity index (χ0n) is 12.4. The summed E-state index contributed by atoms with van der Waals surface area (Å²) in [6.07, 6.45) is 0.868. The maximum Gasteiger partial charge on any atom is 0.319 e. The minimum atomic E-state index is -0.890. The highest BCUT2D eigenvalue weighted by Crippen LogP contribution is 2.11. The Kier molecular flexibility index (Phi) is 7.68. The summed E-state index contributed by atoms with van der Waals surface area (Å²) in [6, 6.07) is 6.70. The third-order valence-corrected chi connectivity index (χ3v) is 3.75. The number of rotatable bonds is 8. The Morgan fingerprint density at radius 2 is 2.14 bits per heavy atom. The Hall–Kier alpha value is -1.69. The van der Waals surface area contributed by atoms with Crippen LogP contribution in [0.1, 0.15) is 25.8 Å². The fourth-order valence-corrected chi connectivity index (χ4v) is 2.61. The molecule has 1 aromatic rings. The highest BCUT2D eigenvalue weighted by atomic mass is 32.2. The molecule has 1 unspecified atom stereocenters. The lowest BCUT2D eigenvalue weighted by atomic mass is 10.1. The SMILES string of the molecule is CCSCCC(C)NC(=O)Nc1cccc(CC(=O)O)c1. The number of amides is 2. The zero-order valence-corrected chi connectivity index (χ0v) is 13.2. The number of benzene rings is 1. The lowest BCUT2D eigenvalue weighted by Gasteiger charge is -2.14. The van der Waals surface area contributed by atoms with E-state index in [0.717, 1.165) is 17.9 Å². The number of aliphatic carboxylic acids is 1. The number of carboxylic acids is 1. The van der Waals surface area contributed by atoms with Crippen molar-refractivity contribution in [3.8, 4) is 0 Å². The standard InChI is InChI=1S/C15H22N2O3S/c1-3-21-8-7-11(2)16-15(20)17-13-6-4-5-12(9-13)10-14(18)19/h4-6,9,11H,3,7-8,10H2,1-2H3,(H,18,19)(H2,16,17,20). The molecular formula is C15H22N2O3S. The van der Waals surface area contributed by atoms with Gasteiger partial charge >= 0.3 is 12.0 Å². The van der Waals surface area contributed by atoms with Crippen molar-refractivity contribution in [2.24, 2.45) is 0 Å². The topological polar surface area (TPSA) is 78.4 Å². The molecule has 0 heterocycles. The number of hydrogen-bond donors (Lipinski definition) is 3. The van der Waals surface area contributed by atoms with Crippen molar-refractivity contribution in [3.05, 3.63) is 29.8 Å². The van der Waals surface area contributed by atoms with E-state index in [-0.39, 0.29) is 18.5 Å². The van der Waals surface area contributed by atoms with Gasteiger partial charge in [0.2, 0.25) is 0 Å². The van der Waals surface area contributed by atoms with Crippen LogP contribution in [0.25, 0.3) is 0 Å². The van der Waals surface area contributed by atoms with Gasteiger partial charge in [-0.15, -0.1) is 0 Å². The smallest absolute Gasteiger partial charge is 0.319 e. The minimum Gasteiger partial charge on any atom is -0.481 e. The van der Waals surface area contributed by atoms with Crippen molar-refractivity contribution in [1.82, 2.24) is 5.32 Å². The molecule has 6 heteroatoms. The summed E-state index contributed by atoms with van der Waals surface area (Å²) in [6.45, 7) is 4.08. The Bertz CT molecular complexity index is 480. The van der Waals surface area contributed by atoms with Crippen LogP contribution >= 0.6 is 11.8 Å². The van der Waals surface area contributed by atoms with E-state index in [2.05, 4.69) is 17.6 Å². The van der Waals surface area contributed by atoms with Gasteiger partial charge in [-0.05, 0) is 42.5 Å². The van der Waals surface area contributed by atoms with Gasteiger partial charge < -0.3 is 15.7 Å². The van der Waals surface area contributed by atoms with Crippen LogP contribution in [0.4, 0.5) is 10.5 Å². The molecule has 0 fully saturated rings. The van der Waals surface area contributed by atoms with Crippen molar-refractivity contribution in [2.45, 2.75) is 32.7 Å². The van der Waals surface area contributed by atoms with Crippen LogP contribution in [-0.2, 0) is 11.2 Å². The third kappa shape index (κ3) is 7.60. The van der Waals surface area contributed by atoms with E-state index in [1.165, 1.54) is 0 Å². The summed E-state index contributed by atoms with van der Waals surface area (Å²) in [5.41, 5.74) is 1.26. The summed E-state index contributed by atoms with van der Waals surface area (Å²) in [5, 5.41) is 14.4. The molecule has 5 nitrogen and oxygen atoms in total. The van der Waals surface area contributed by atoms with Crippen LogP contribution in [-0.4, -0.2) is 34.7 Å². The number of carboxylic acid groups (broad SMARTS) is 1. The van der Waals surface area contributed by atoms with E-state index in [1.54, 1.807) is 24.3 Å². The average Bonchev–Trinajstić information content (AvgIpc) is 2.38. The normalized spacial score (nSPS) is 11.7. The molecule has 0 aliphatic carbocycles. The van der Waals surface area contributed by atoms with Crippen molar-refractivity contribution in [3.63, 3.8) is 0 Å². The molecule has 21 heavy (non-hydrogen) atoms. The highest BCUT2D eigenvalue weighted by molar-refractivity contribution is 7.99. The second kappa shape index (κ2) is 9.28. The molecule has 0 radical (unpaired) electrons. The first-order valence-electron chi connectivity index (χ1n) is 6.97. The van der Waals surface area contributed by atoms with Crippen molar-refractivity contribution >= 4 is 29.4 Å². The Balaban J connectivity index is 2.45. The van der Waals surface area contributed by atoms with Gasteiger partial charge in [0, 0.05) is 11.7 Å². The molecular weight excluding hydrogens is 288 g/mol. The number of carbonyl (C=O) groups is 2. The lowest BCUT2D eigenvalue weighted by molar-refractivity contribution is -0.136. The van der Waals surface area contributed by atoms with Crippen molar-refractivity contribution < 1.29 is 14.7 Å². The molecule has 0 aromatic heterocycles. The summed E-state index contributed by atoms with van der Waals surface area (Å²) in [4.78, 5) is 22.5. The molecule has 2 amide bonds. The van der Waals surface area contributed by atoms with E-state index < -0.39 is 5.97 Å². The average molecular weight is 310 g/mol. The first-order valence-corrected chi connectivity index (χ1v) is 8.12. The van der Waals surface area contributed by atoms with E-state index in [4.69, 9.17) is 5.11 Å². The Labute approximate surface area is 129 Å². The predicted octanol–water partition coefficient (Wildman–Crippen LogP) is 2.97. The van der Waals surface area contributed by atoms with E-state index >= 15 is 0 Å². The molecule has 0 spiro atoms. The van der Waals surface area contributed by atoms with Crippen LogP contribution in [0.5, 0.6) is 0 Å². The van der Waals surface area contributed by atoms with Gasteiger partial charge in [0.25, 0.3) is 0 Å². The quantitative estimate of drug-likeness (QED) is 0.645. The highest BCUT2D eigenvalue weighted by Gasteiger charge is 2.08. The number of thioether (sulfide) groups is 1. The molecule has 1 atom stereocenters. The summed E-state index contributed by atoms with van der Waals surface area (Å²) in [7, 11) is 0. The van der Waals surface area contributed by atoms with Gasteiger partial charge in [-0.1, -0.05) is 19.1 Å². The molecule has 116 valence electrons.